The summed E-state index contributed by atoms with van der Waals surface area (Å²) in [5.41, 5.74) is 5.10. The van der Waals surface area contributed by atoms with E-state index in [1.807, 2.05) is 12.3 Å². The third kappa shape index (κ3) is 4.14. The maximum Gasteiger partial charge on any atom is 0.230 e. The number of aromatic amines is 1. The molecular formula is C20H22N4O2S. The third-order valence-corrected chi connectivity index (χ3v) is 5.64. The molecule has 1 atom stereocenters. The highest BCUT2D eigenvalue weighted by Crippen LogP contribution is 2.31. The van der Waals surface area contributed by atoms with Crippen LogP contribution in [0.3, 0.4) is 0 Å². The van der Waals surface area contributed by atoms with E-state index in [1.165, 1.54) is 17.3 Å². The summed E-state index contributed by atoms with van der Waals surface area (Å²) in [6.45, 7) is 3.45. The van der Waals surface area contributed by atoms with Crippen LogP contribution in [0.2, 0.25) is 0 Å². The first-order valence-electron chi connectivity index (χ1n) is 9.11. The number of rotatable bonds is 6. The smallest absolute Gasteiger partial charge is 0.230 e. The van der Waals surface area contributed by atoms with Gasteiger partial charge in [0.25, 0.3) is 0 Å². The predicted octanol–water partition coefficient (Wildman–Crippen LogP) is 3.32. The van der Waals surface area contributed by atoms with E-state index in [0.717, 1.165) is 46.6 Å². The Labute approximate surface area is 162 Å². The number of aryl methyl sites for hydroxylation is 1. The van der Waals surface area contributed by atoms with Crippen molar-refractivity contribution in [3.8, 4) is 11.1 Å². The lowest BCUT2D eigenvalue weighted by molar-refractivity contribution is -0.119. The van der Waals surface area contributed by atoms with Crippen molar-refractivity contribution in [2.45, 2.75) is 30.9 Å². The Kier molecular flexibility index (Phi) is 5.40. The number of carbonyl (C=O) groups excluding carboxylic acids is 1. The number of hydrogen-bond donors (Lipinski definition) is 2. The van der Waals surface area contributed by atoms with Gasteiger partial charge in [-0.2, -0.15) is 0 Å². The Morgan fingerprint density at radius 2 is 2.33 bits per heavy atom. The van der Waals surface area contributed by atoms with Crippen LogP contribution in [0.25, 0.3) is 22.2 Å². The highest BCUT2D eigenvalue weighted by molar-refractivity contribution is 8.00. The molecular weight excluding hydrogens is 360 g/mol. The number of H-pyrrole nitrogens is 1. The quantitative estimate of drug-likeness (QED) is 0.505. The van der Waals surface area contributed by atoms with Gasteiger partial charge in [-0.1, -0.05) is 41.6 Å². The van der Waals surface area contributed by atoms with Gasteiger partial charge in [-0.3, -0.25) is 4.79 Å². The van der Waals surface area contributed by atoms with Crippen molar-refractivity contribution in [3.05, 3.63) is 42.4 Å². The van der Waals surface area contributed by atoms with E-state index in [0.29, 0.717) is 12.3 Å². The first kappa shape index (κ1) is 18.0. The summed E-state index contributed by atoms with van der Waals surface area (Å²) in [6.07, 6.45) is 5.76. The number of hydrogen-bond acceptors (Lipinski definition) is 5. The molecule has 1 aliphatic rings. The van der Waals surface area contributed by atoms with Crippen LogP contribution in [0.15, 0.2) is 41.8 Å². The molecule has 0 spiro atoms. The first-order chi connectivity index (χ1) is 13.2. The van der Waals surface area contributed by atoms with Gasteiger partial charge in [0.15, 0.2) is 0 Å². The third-order valence-electron chi connectivity index (χ3n) is 4.65. The van der Waals surface area contributed by atoms with Crippen molar-refractivity contribution in [1.82, 2.24) is 20.3 Å². The van der Waals surface area contributed by atoms with Gasteiger partial charge < -0.3 is 15.0 Å². The summed E-state index contributed by atoms with van der Waals surface area (Å²) in [5, 5.41) is 3.73. The summed E-state index contributed by atoms with van der Waals surface area (Å²) in [6, 6.07) is 8.32. The molecule has 1 aliphatic heterocycles. The minimum Gasteiger partial charge on any atom is -0.376 e. The number of amides is 1. The fourth-order valence-electron chi connectivity index (χ4n) is 3.28. The lowest BCUT2D eigenvalue weighted by Crippen LogP contribution is -2.32. The van der Waals surface area contributed by atoms with Gasteiger partial charge in [0.05, 0.1) is 17.4 Å². The van der Waals surface area contributed by atoms with E-state index in [9.17, 15) is 4.79 Å². The summed E-state index contributed by atoms with van der Waals surface area (Å²) in [4.78, 5) is 24.2. The topological polar surface area (TPSA) is 79.9 Å². The Hall–Kier alpha value is -2.38. The zero-order valence-electron chi connectivity index (χ0n) is 15.2. The van der Waals surface area contributed by atoms with Crippen molar-refractivity contribution >= 4 is 28.7 Å². The normalized spacial score (nSPS) is 16.7. The van der Waals surface area contributed by atoms with Gasteiger partial charge >= 0.3 is 0 Å². The van der Waals surface area contributed by atoms with Gasteiger partial charge in [-0.25, -0.2) is 9.97 Å². The molecule has 4 rings (SSSR count). The van der Waals surface area contributed by atoms with E-state index in [4.69, 9.17) is 4.74 Å². The highest BCUT2D eigenvalue weighted by atomic mass is 32.2. The van der Waals surface area contributed by atoms with Crippen molar-refractivity contribution < 1.29 is 9.53 Å². The number of nitrogens with one attached hydrogen (secondary N) is 2. The van der Waals surface area contributed by atoms with Gasteiger partial charge in [-0.15, -0.1) is 0 Å². The molecule has 2 N–H and O–H groups in total. The molecule has 1 saturated heterocycles. The number of ether oxygens (including phenoxy) is 1. The van der Waals surface area contributed by atoms with Crippen molar-refractivity contribution in [2.75, 3.05) is 18.9 Å². The van der Waals surface area contributed by atoms with Crippen molar-refractivity contribution in [2.24, 2.45) is 0 Å². The van der Waals surface area contributed by atoms with Crippen LogP contribution in [0.1, 0.15) is 18.4 Å². The van der Waals surface area contributed by atoms with Gasteiger partial charge in [-0.05, 0) is 25.3 Å². The molecule has 0 aliphatic carbocycles. The number of benzene rings is 1. The first-order valence-corrected chi connectivity index (χ1v) is 10.1. The second kappa shape index (κ2) is 8.10. The largest absolute Gasteiger partial charge is 0.376 e. The summed E-state index contributed by atoms with van der Waals surface area (Å²) >= 11 is 1.42. The number of carbonyl (C=O) groups is 1. The Balaban J connectivity index is 1.45. The second-order valence-corrected chi connectivity index (χ2v) is 7.67. The SMILES string of the molecule is Cc1cccc(-c2c[nH]c3c(SCC(=O)NC[C@H]4CCCO4)ncnc23)c1. The fourth-order valence-corrected chi connectivity index (χ4v) is 4.07. The van der Waals surface area contributed by atoms with Crippen molar-refractivity contribution in [1.29, 1.82) is 0 Å². The monoisotopic (exact) mass is 382 g/mol. The van der Waals surface area contributed by atoms with Crippen LogP contribution < -0.4 is 5.32 Å². The minimum atomic E-state index is -0.00674. The molecule has 0 unspecified atom stereocenters. The summed E-state index contributed by atoms with van der Waals surface area (Å²) in [7, 11) is 0. The molecule has 1 fully saturated rings. The zero-order valence-corrected chi connectivity index (χ0v) is 16.0. The standard InChI is InChI=1S/C20H22N4O2S/c1-13-4-2-5-14(8-13)16-10-22-19-18(16)23-12-24-20(19)27-11-17(25)21-9-15-6-3-7-26-15/h2,4-5,8,10,12,15,22H,3,6-7,9,11H2,1H3,(H,21,25)/t15-/m1/s1. The van der Waals surface area contributed by atoms with Crippen LogP contribution >= 0.6 is 11.8 Å². The molecule has 2 aromatic heterocycles. The molecule has 0 saturated carbocycles. The average Bonchev–Trinajstić information content (AvgIpc) is 3.34. The molecule has 140 valence electrons. The molecule has 3 aromatic rings. The molecule has 1 amide bonds. The number of thioether (sulfide) groups is 1. The Bertz CT molecular complexity index is 950. The van der Waals surface area contributed by atoms with Crippen LogP contribution in [-0.4, -0.2) is 45.9 Å². The van der Waals surface area contributed by atoms with E-state index in [1.54, 1.807) is 6.33 Å². The van der Waals surface area contributed by atoms with Gasteiger partial charge in [0.2, 0.25) is 5.91 Å². The molecule has 7 heteroatoms. The van der Waals surface area contributed by atoms with E-state index >= 15 is 0 Å². The average molecular weight is 382 g/mol. The van der Waals surface area contributed by atoms with E-state index < -0.39 is 0 Å². The fraction of sp³-hybridized carbons (Fsp3) is 0.350. The summed E-state index contributed by atoms with van der Waals surface area (Å²) in [5.74, 6) is 0.310. The van der Waals surface area contributed by atoms with Gasteiger partial charge in [0, 0.05) is 24.9 Å². The molecule has 27 heavy (non-hydrogen) atoms. The maximum atomic E-state index is 12.1. The maximum absolute atomic E-state index is 12.1. The Morgan fingerprint density at radius 1 is 1.41 bits per heavy atom. The molecule has 6 nitrogen and oxygen atoms in total. The van der Waals surface area contributed by atoms with Crippen LogP contribution in [-0.2, 0) is 9.53 Å². The number of nitrogens with zero attached hydrogens (tertiary/aromatic N) is 2. The lowest BCUT2D eigenvalue weighted by atomic mass is 10.1. The number of aromatic nitrogens is 3. The van der Waals surface area contributed by atoms with Crippen molar-refractivity contribution in [3.63, 3.8) is 0 Å². The highest BCUT2D eigenvalue weighted by Gasteiger charge is 2.17. The van der Waals surface area contributed by atoms with Crippen LogP contribution in [0, 0.1) is 6.92 Å². The van der Waals surface area contributed by atoms with Crippen LogP contribution in [0.5, 0.6) is 0 Å². The minimum absolute atomic E-state index is 0.00674. The molecule has 3 heterocycles. The summed E-state index contributed by atoms with van der Waals surface area (Å²) < 4.78 is 5.53. The molecule has 0 bridgehead atoms. The van der Waals surface area contributed by atoms with E-state index in [2.05, 4.69) is 45.4 Å². The predicted molar refractivity (Wildman–Crippen MR) is 107 cm³/mol. The second-order valence-electron chi connectivity index (χ2n) is 6.70. The van der Waals surface area contributed by atoms with Crippen LogP contribution in [0.4, 0.5) is 0 Å². The van der Waals surface area contributed by atoms with Gasteiger partial charge in [0.1, 0.15) is 16.9 Å². The van der Waals surface area contributed by atoms with E-state index in [-0.39, 0.29) is 12.0 Å². The molecule has 0 radical (unpaired) electrons. The molecule has 1 aromatic carbocycles. The lowest BCUT2D eigenvalue weighted by Gasteiger charge is -2.10. The zero-order chi connectivity index (χ0) is 18.6. The number of fused-ring (bicyclic) bond motifs is 1. The Morgan fingerprint density at radius 3 is 3.15 bits per heavy atom.